The van der Waals surface area contributed by atoms with Crippen molar-refractivity contribution in [2.24, 2.45) is 5.84 Å². The van der Waals surface area contributed by atoms with Gasteiger partial charge in [0.15, 0.2) is 0 Å². The minimum atomic E-state index is -0.0105. The van der Waals surface area contributed by atoms with Gasteiger partial charge in [-0.15, -0.1) is 0 Å². The maximum absolute atomic E-state index is 5.71. The number of aryl methyl sites for hydroxylation is 1. The van der Waals surface area contributed by atoms with Crippen LogP contribution in [0.4, 0.5) is 0 Å². The average molecular weight is 270 g/mol. The van der Waals surface area contributed by atoms with Crippen molar-refractivity contribution in [2.75, 3.05) is 0 Å². The van der Waals surface area contributed by atoms with Crippen molar-refractivity contribution >= 4 is 0 Å². The number of nitrogens with two attached hydrogens (primary N) is 1. The number of hydrogen-bond donors (Lipinski definition) is 2. The third-order valence-corrected chi connectivity index (χ3v) is 3.16. The Morgan fingerprint density at radius 3 is 1.85 bits per heavy atom. The molecule has 0 fully saturated rings. The van der Waals surface area contributed by atoms with Crippen LogP contribution in [0, 0.1) is 6.92 Å². The molecule has 3 heteroatoms. The Labute approximate surface area is 120 Å². The smallest absolute Gasteiger partial charge is 0.119 e. The first-order valence-corrected chi connectivity index (χ1v) is 6.89. The standard InChI is InChI=1S/C17H22N2O/c1-12(2)20-16-10-8-15(9-11-16)17(19-18)14-6-4-13(3)5-7-14/h4-12,17,19H,18H2,1-3H3. The van der Waals surface area contributed by atoms with E-state index in [9.17, 15) is 0 Å². The molecule has 0 aliphatic heterocycles. The highest BCUT2D eigenvalue weighted by molar-refractivity contribution is 5.36. The number of ether oxygens (including phenoxy) is 1. The Hall–Kier alpha value is -1.84. The van der Waals surface area contributed by atoms with Crippen molar-refractivity contribution in [1.82, 2.24) is 5.43 Å². The first kappa shape index (κ1) is 14.6. The van der Waals surface area contributed by atoms with E-state index in [1.165, 1.54) is 5.56 Å². The average Bonchev–Trinajstić information content (AvgIpc) is 2.43. The summed E-state index contributed by atoms with van der Waals surface area (Å²) >= 11 is 0. The van der Waals surface area contributed by atoms with Crippen molar-refractivity contribution < 1.29 is 4.74 Å². The molecule has 106 valence electrons. The fraction of sp³-hybridized carbons (Fsp3) is 0.294. The molecule has 0 bridgehead atoms. The molecule has 1 unspecified atom stereocenters. The monoisotopic (exact) mass is 270 g/mol. The van der Waals surface area contributed by atoms with Crippen molar-refractivity contribution in [3.05, 3.63) is 65.2 Å². The molecular formula is C17H22N2O. The lowest BCUT2D eigenvalue weighted by molar-refractivity contribution is 0.242. The van der Waals surface area contributed by atoms with E-state index in [0.29, 0.717) is 0 Å². The number of rotatable bonds is 5. The second-order valence-electron chi connectivity index (χ2n) is 5.25. The van der Waals surface area contributed by atoms with E-state index >= 15 is 0 Å². The molecule has 0 aromatic heterocycles. The summed E-state index contributed by atoms with van der Waals surface area (Å²) in [4.78, 5) is 0. The fourth-order valence-electron chi connectivity index (χ4n) is 2.15. The van der Waals surface area contributed by atoms with E-state index in [2.05, 4.69) is 36.6 Å². The van der Waals surface area contributed by atoms with Gasteiger partial charge < -0.3 is 4.74 Å². The van der Waals surface area contributed by atoms with Crippen LogP contribution in [0.2, 0.25) is 0 Å². The van der Waals surface area contributed by atoms with Crippen LogP contribution in [0.5, 0.6) is 5.75 Å². The highest BCUT2D eigenvalue weighted by atomic mass is 16.5. The summed E-state index contributed by atoms with van der Waals surface area (Å²) in [7, 11) is 0. The normalized spacial score (nSPS) is 12.4. The van der Waals surface area contributed by atoms with Crippen LogP contribution < -0.4 is 16.0 Å². The van der Waals surface area contributed by atoms with Gasteiger partial charge in [-0.2, -0.15) is 0 Å². The Morgan fingerprint density at radius 1 is 0.900 bits per heavy atom. The number of benzene rings is 2. The van der Waals surface area contributed by atoms with Crippen molar-refractivity contribution in [1.29, 1.82) is 0 Å². The summed E-state index contributed by atoms with van der Waals surface area (Å²) in [5.41, 5.74) is 6.38. The predicted octanol–water partition coefficient (Wildman–Crippen LogP) is 3.33. The van der Waals surface area contributed by atoms with E-state index in [4.69, 9.17) is 10.6 Å². The van der Waals surface area contributed by atoms with Crippen molar-refractivity contribution in [2.45, 2.75) is 32.9 Å². The number of hydrazine groups is 1. The molecule has 0 saturated carbocycles. The van der Waals surface area contributed by atoms with Gasteiger partial charge in [0.1, 0.15) is 5.75 Å². The van der Waals surface area contributed by atoms with Gasteiger partial charge in [-0.05, 0) is 44.0 Å². The van der Waals surface area contributed by atoms with Crippen LogP contribution >= 0.6 is 0 Å². The van der Waals surface area contributed by atoms with Crippen LogP contribution in [0.1, 0.15) is 36.6 Å². The molecular weight excluding hydrogens is 248 g/mol. The lowest BCUT2D eigenvalue weighted by Crippen LogP contribution is -2.28. The van der Waals surface area contributed by atoms with E-state index in [0.717, 1.165) is 16.9 Å². The predicted molar refractivity (Wildman–Crippen MR) is 82.6 cm³/mol. The summed E-state index contributed by atoms with van der Waals surface area (Å²) in [6, 6.07) is 16.4. The van der Waals surface area contributed by atoms with Crippen LogP contribution in [0.25, 0.3) is 0 Å². The Balaban J connectivity index is 2.21. The zero-order valence-electron chi connectivity index (χ0n) is 12.3. The molecule has 0 aliphatic rings. The van der Waals surface area contributed by atoms with Crippen LogP contribution in [0.15, 0.2) is 48.5 Å². The molecule has 0 aliphatic carbocycles. The molecule has 1 atom stereocenters. The summed E-state index contributed by atoms with van der Waals surface area (Å²) in [5, 5.41) is 0. The minimum absolute atomic E-state index is 0.0105. The maximum Gasteiger partial charge on any atom is 0.119 e. The molecule has 3 nitrogen and oxygen atoms in total. The van der Waals surface area contributed by atoms with Gasteiger partial charge in [-0.25, -0.2) is 5.43 Å². The van der Waals surface area contributed by atoms with Gasteiger partial charge in [0.05, 0.1) is 12.1 Å². The molecule has 0 saturated heterocycles. The SMILES string of the molecule is Cc1ccc(C(NN)c2ccc(OC(C)C)cc2)cc1. The number of nitrogens with one attached hydrogen (secondary N) is 1. The third kappa shape index (κ3) is 3.59. The second-order valence-corrected chi connectivity index (χ2v) is 5.25. The highest BCUT2D eigenvalue weighted by Crippen LogP contribution is 2.24. The van der Waals surface area contributed by atoms with Crippen LogP contribution in [0.3, 0.4) is 0 Å². The molecule has 3 N–H and O–H groups in total. The Bertz CT molecular complexity index is 532. The minimum Gasteiger partial charge on any atom is -0.491 e. The largest absolute Gasteiger partial charge is 0.491 e. The maximum atomic E-state index is 5.71. The lowest BCUT2D eigenvalue weighted by atomic mass is 9.98. The molecule has 2 aromatic carbocycles. The summed E-state index contributed by atoms with van der Waals surface area (Å²) in [6.07, 6.45) is 0.182. The van der Waals surface area contributed by atoms with E-state index < -0.39 is 0 Å². The van der Waals surface area contributed by atoms with Crippen molar-refractivity contribution in [3.8, 4) is 5.75 Å². The molecule has 0 spiro atoms. The Morgan fingerprint density at radius 2 is 1.40 bits per heavy atom. The second kappa shape index (κ2) is 6.55. The van der Waals surface area contributed by atoms with Gasteiger partial charge in [0, 0.05) is 0 Å². The van der Waals surface area contributed by atoms with Crippen LogP contribution in [-0.2, 0) is 0 Å². The molecule has 0 amide bonds. The first-order valence-electron chi connectivity index (χ1n) is 6.89. The summed E-state index contributed by atoms with van der Waals surface area (Å²) < 4.78 is 5.65. The van der Waals surface area contributed by atoms with Gasteiger partial charge in [-0.1, -0.05) is 42.0 Å². The summed E-state index contributed by atoms with van der Waals surface area (Å²) in [6.45, 7) is 6.11. The van der Waals surface area contributed by atoms with Gasteiger partial charge in [0.25, 0.3) is 0 Å². The van der Waals surface area contributed by atoms with Gasteiger partial charge in [0.2, 0.25) is 0 Å². The molecule has 2 rings (SSSR count). The molecule has 0 radical (unpaired) electrons. The third-order valence-electron chi connectivity index (χ3n) is 3.16. The Kier molecular flexibility index (Phi) is 4.77. The summed E-state index contributed by atoms with van der Waals surface area (Å²) in [5.74, 6) is 6.59. The fourth-order valence-corrected chi connectivity index (χ4v) is 2.15. The van der Waals surface area contributed by atoms with E-state index in [1.54, 1.807) is 0 Å². The van der Waals surface area contributed by atoms with Gasteiger partial charge >= 0.3 is 0 Å². The zero-order chi connectivity index (χ0) is 14.5. The lowest BCUT2D eigenvalue weighted by Gasteiger charge is -2.18. The van der Waals surface area contributed by atoms with Gasteiger partial charge in [-0.3, -0.25) is 5.84 Å². The zero-order valence-corrected chi connectivity index (χ0v) is 12.3. The quantitative estimate of drug-likeness (QED) is 0.647. The molecule has 0 heterocycles. The molecule has 20 heavy (non-hydrogen) atoms. The van der Waals surface area contributed by atoms with Crippen LogP contribution in [-0.4, -0.2) is 6.10 Å². The first-order chi connectivity index (χ1) is 9.60. The molecule has 2 aromatic rings. The van der Waals surface area contributed by atoms with E-state index in [-0.39, 0.29) is 12.1 Å². The topological polar surface area (TPSA) is 47.3 Å². The van der Waals surface area contributed by atoms with Crippen molar-refractivity contribution in [3.63, 3.8) is 0 Å². The highest BCUT2D eigenvalue weighted by Gasteiger charge is 2.12. The van der Waals surface area contributed by atoms with E-state index in [1.807, 2.05) is 38.1 Å². The number of hydrogen-bond acceptors (Lipinski definition) is 3.